The maximum atomic E-state index is 12.4. The molecule has 2 N–H and O–H groups in total. The number of alkyl halides is 2. The molecule has 2 rings (SSSR count). The van der Waals surface area contributed by atoms with Crippen LogP contribution in [0.2, 0.25) is 0 Å². The molecule has 0 spiro atoms. The number of hydrogen-bond acceptors (Lipinski definition) is 6. The average Bonchev–Trinajstić information content (AvgIpc) is 2.98. The Morgan fingerprint density at radius 2 is 2.12 bits per heavy atom. The number of nitrogens with one attached hydrogen (secondary N) is 1. The molecule has 1 atom stereocenters. The van der Waals surface area contributed by atoms with E-state index in [0.717, 1.165) is 0 Å². The van der Waals surface area contributed by atoms with Gasteiger partial charge in [-0.05, 0) is 6.07 Å². The first-order chi connectivity index (χ1) is 12.0. The van der Waals surface area contributed by atoms with E-state index in [2.05, 4.69) is 10.1 Å². The predicted molar refractivity (Wildman–Crippen MR) is 91.4 cm³/mol. The molecule has 138 valence electrons. The molecule has 6 nitrogen and oxygen atoms in total. The summed E-state index contributed by atoms with van der Waals surface area (Å²) in [7, 11) is 2.90. The maximum Gasteiger partial charge on any atom is 0.387 e. The number of carbonyl (C=O) groups is 2. The van der Waals surface area contributed by atoms with Crippen LogP contribution in [0.15, 0.2) is 18.2 Å². The van der Waals surface area contributed by atoms with Gasteiger partial charge >= 0.3 is 12.6 Å². The van der Waals surface area contributed by atoms with Gasteiger partial charge in [0.15, 0.2) is 17.6 Å². The number of hydrogen-bond donors (Lipinski definition) is 2. The first-order valence-corrected chi connectivity index (χ1v) is 9.93. The van der Waals surface area contributed by atoms with Crippen LogP contribution in [-0.4, -0.2) is 47.7 Å². The number of carbonyl (C=O) groups excluding carboxylic acids is 1. The van der Waals surface area contributed by atoms with E-state index < -0.39 is 18.7 Å². The molecular weight excluding hydrogens is 376 g/mol. The van der Waals surface area contributed by atoms with Crippen molar-refractivity contribution < 1.29 is 33.0 Å². The van der Waals surface area contributed by atoms with E-state index in [9.17, 15) is 18.4 Å². The van der Waals surface area contributed by atoms with Gasteiger partial charge in [0, 0.05) is 30.0 Å². The van der Waals surface area contributed by atoms with Gasteiger partial charge in [0.1, 0.15) is 0 Å². The van der Waals surface area contributed by atoms with Crippen LogP contribution in [0.3, 0.4) is 0 Å². The van der Waals surface area contributed by atoms with Crippen molar-refractivity contribution in [3.8, 4) is 11.5 Å². The van der Waals surface area contributed by atoms with E-state index in [4.69, 9.17) is 9.84 Å². The van der Waals surface area contributed by atoms with Crippen molar-refractivity contribution in [3.05, 3.63) is 23.8 Å². The summed E-state index contributed by atoms with van der Waals surface area (Å²) in [6.07, 6.45) is -0.384. The van der Waals surface area contributed by atoms with Crippen molar-refractivity contribution in [2.75, 3.05) is 18.1 Å². The zero-order chi connectivity index (χ0) is 18.2. The summed E-state index contributed by atoms with van der Waals surface area (Å²) in [5.74, 6) is 0.0664. The van der Waals surface area contributed by atoms with E-state index in [0.29, 0.717) is 30.0 Å². The van der Waals surface area contributed by atoms with Crippen LogP contribution in [-0.2, 0) is 16.0 Å². The number of aliphatic carboxylic acids is 1. The van der Waals surface area contributed by atoms with Gasteiger partial charge in [0.05, 0.1) is 6.42 Å². The lowest BCUT2D eigenvalue weighted by Crippen LogP contribution is -2.38. The fourth-order valence-electron chi connectivity index (χ4n) is 2.15. The fourth-order valence-corrected chi connectivity index (χ4v) is 4.04. The molecule has 1 aromatic carbocycles. The van der Waals surface area contributed by atoms with E-state index in [1.54, 1.807) is 12.1 Å². The highest BCUT2D eigenvalue weighted by atomic mass is 33.1. The summed E-state index contributed by atoms with van der Waals surface area (Å²) in [6.45, 7) is -2.56. The Hall–Kier alpha value is -1.68. The molecule has 1 aromatic rings. The zero-order valence-corrected chi connectivity index (χ0v) is 14.7. The van der Waals surface area contributed by atoms with Gasteiger partial charge in [0.2, 0.25) is 0 Å². The minimum atomic E-state index is -2.96. The summed E-state index contributed by atoms with van der Waals surface area (Å²) in [6, 6.07) is 4.65. The topological polar surface area (TPSA) is 84.9 Å². The number of rotatable bonds is 10. The van der Waals surface area contributed by atoms with Crippen LogP contribution in [0.1, 0.15) is 12.0 Å². The van der Waals surface area contributed by atoms with Gasteiger partial charge in [-0.3, -0.25) is 9.59 Å². The molecule has 1 aliphatic heterocycles. The van der Waals surface area contributed by atoms with Crippen molar-refractivity contribution in [3.63, 3.8) is 0 Å². The zero-order valence-electron chi connectivity index (χ0n) is 13.1. The lowest BCUT2D eigenvalue weighted by atomic mass is 10.1. The first kappa shape index (κ1) is 19.6. The van der Waals surface area contributed by atoms with Gasteiger partial charge in [0.25, 0.3) is 5.91 Å². The number of fused-ring (bicyclic) bond motifs is 1. The Balaban J connectivity index is 1.72. The molecule has 1 heterocycles. The second-order valence-corrected chi connectivity index (χ2v) is 7.71. The number of ether oxygens (including phenoxy) is 2. The number of amides is 1. The van der Waals surface area contributed by atoms with Gasteiger partial charge in [-0.1, -0.05) is 33.7 Å². The van der Waals surface area contributed by atoms with Gasteiger partial charge in [-0.15, -0.1) is 0 Å². The smallest absolute Gasteiger partial charge is 0.387 e. The van der Waals surface area contributed by atoms with Crippen molar-refractivity contribution >= 4 is 33.5 Å². The van der Waals surface area contributed by atoms with Crippen LogP contribution in [0.5, 0.6) is 11.5 Å². The van der Waals surface area contributed by atoms with Crippen LogP contribution in [0, 0.1) is 0 Å². The molecule has 0 saturated carbocycles. The lowest BCUT2D eigenvalue weighted by Gasteiger charge is -2.13. The Morgan fingerprint density at radius 1 is 1.36 bits per heavy atom. The Kier molecular flexibility index (Phi) is 7.63. The molecule has 10 heteroatoms. The second kappa shape index (κ2) is 9.71. The number of carboxylic acid groups (broad SMARTS) is 1. The molecule has 0 fully saturated rings. The van der Waals surface area contributed by atoms with E-state index in [-0.39, 0.29) is 23.8 Å². The predicted octanol–water partition coefficient (Wildman–Crippen LogP) is 2.56. The number of para-hydroxylation sites is 1. The highest BCUT2D eigenvalue weighted by Crippen LogP contribution is 2.38. The van der Waals surface area contributed by atoms with E-state index in [1.807, 2.05) is 0 Å². The molecule has 1 unspecified atom stereocenters. The third-order valence-electron chi connectivity index (χ3n) is 3.20. The van der Waals surface area contributed by atoms with Crippen molar-refractivity contribution in [1.82, 2.24) is 5.32 Å². The summed E-state index contributed by atoms with van der Waals surface area (Å²) in [4.78, 5) is 22.5. The minimum Gasteiger partial charge on any atom is -0.481 e. The van der Waals surface area contributed by atoms with Gasteiger partial charge in [-0.2, -0.15) is 8.78 Å². The molecule has 0 aromatic heterocycles. The molecule has 25 heavy (non-hydrogen) atoms. The van der Waals surface area contributed by atoms with Crippen LogP contribution < -0.4 is 14.8 Å². The molecule has 0 bridgehead atoms. The van der Waals surface area contributed by atoms with E-state index >= 15 is 0 Å². The lowest BCUT2D eigenvalue weighted by molar-refractivity contribution is -0.136. The summed E-state index contributed by atoms with van der Waals surface area (Å²) in [5, 5.41) is 11.2. The molecule has 0 saturated heterocycles. The molecule has 0 radical (unpaired) electrons. The Bertz CT molecular complexity index is 618. The normalized spacial score (nSPS) is 15.6. The first-order valence-electron chi connectivity index (χ1n) is 7.44. The highest BCUT2D eigenvalue weighted by Gasteiger charge is 2.31. The fraction of sp³-hybridized carbons (Fsp3) is 0.467. The number of benzene rings is 1. The Labute approximate surface area is 151 Å². The Morgan fingerprint density at radius 3 is 2.84 bits per heavy atom. The van der Waals surface area contributed by atoms with Crippen LogP contribution >= 0.6 is 21.6 Å². The van der Waals surface area contributed by atoms with Crippen molar-refractivity contribution in [2.45, 2.75) is 25.6 Å². The summed E-state index contributed by atoms with van der Waals surface area (Å²) < 4.78 is 34.7. The molecule has 1 amide bonds. The van der Waals surface area contributed by atoms with Crippen molar-refractivity contribution in [2.24, 2.45) is 0 Å². The number of carboxylic acids is 1. The van der Waals surface area contributed by atoms with Crippen LogP contribution in [0.4, 0.5) is 8.78 Å². The molecule has 1 aliphatic rings. The average molecular weight is 393 g/mol. The highest BCUT2D eigenvalue weighted by molar-refractivity contribution is 8.76. The molecular formula is C15H17F2NO5S2. The second-order valence-electron chi connectivity index (χ2n) is 5.01. The summed E-state index contributed by atoms with van der Waals surface area (Å²) >= 11 is 0. The van der Waals surface area contributed by atoms with Gasteiger partial charge in [-0.25, -0.2) is 0 Å². The minimum absolute atomic E-state index is 0.0758. The maximum absolute atomic E-state index is 12.4. The number of halogens is 2. The largest absolute Gasteiger partial charge is 0.481 e. The molecule has 0 aliphatic carbocycles. The van der Waals surface area contributed by atoms with E-state index in [1.165, 1.54) is 27.7 Å². The van der Waals surface area contributed by atoms with Crippen molar-refractivity contribution in [1.29, 1.82) is 0 Å². The third kappa shape index (κ3) is 6.28. The monoisotopic (exact) mass is 393 g/mol. The SMILES string of the molecule is O=C(O)CCSSCCNC(=O)C1Cc2cccc(OC(F)F)c2O1. The van der Waals surface area contributed by atoms with Crippen LogP contribution in [0.25, 0.3) is 0 Å². The summed E-state index contributed by atoms with van der Waals surface area (Å²) in [5.41, 5.74) is 0.650. The quantitative estimate of drug-likeness (QED) is 0.467. The third-order valence-corrected chi connectivity index (χ3v) is 5.61. The van der Waals surface area contributed by atoms with Gasteiger partial charge < -0.3 is 19.9 Å². The standard InChI is InChI=1S/C15H17F2NO5S2/c16-15(17)23-10-3-1-2-9-8-11(22-13(9)10)14(21)18-5-7-25-24-6-4-12(19)20/h1-3,11,15H,4-8H2,(H,18,21)(H,19,20).